The molecule has 0 aliphatic carbocycles. The lowest BCUT2D eigenvalue weighted by molar-refractivity contribution is 0.234. The van der Waals surface area contributed by atoms with Gasteiger partial charge in [-0.1, -0.05) is 169 Å². The van der Waals surface area contributed by atoms with Gasteiger partial charge in [0.2, 0.25) is 0 Å². The average molecular weight is 1100 g/mol. The predicted molar refractivity (Wildman–Crippen MR) is 342 cm³/mol. The van der Waals surface area contributed by atoms with E-state index in [4.69, 9.17) is 16.5 Å². The van der Waals surface area contributed by atoms with Crippen LogP contribution in [0.1, 0.15) is 116 Å². The highest BCUT2D eigenvalue weighted by Gasteiger charge is 2.38. The van der Waals surface area contributed by atoms with Gasteiger partial charge in [-0.15, -0.1) is 11.3 Å². The molecule has 10 heteroatoms. The summed E-state index contributed by atoms with van der Waals surface area (Å²) < 4.78 is 1.15. The maximum Gasteiger partial charge on any atom is 0.188 e. The first-order chi connectivity index (χ1) is 38.5. The van der Waals surface area contributed by atoms with Crippen LogP contribution in [0.4, 0.5) is 10.9 Å². The highest BCUT2D eigenvalue weighted by atomic mass is 32.1. The Morgan fingerprint density at radius 2 is 1.60 bits per heavy atom. The van der Waals surface area contributed by atoms with Gasteiger partial charge in [0.25, 0.3) is 0 Å². The second kappa shape index (κ2) is 24.1. The van der Waals surface area contributed by atoms with Crippen LogP contribution in [0.2, 0.25) is 0 Å². The van der Waals surface area contributed by atoms with Crippen LogP contribution in [0.3, 0.4) is 0 Å². The van der Waals surface area contributed by atoms with E-state index in [-0.39, 0.29) is 23.5 Å². The second-order valence-corrected chi connectivity index (χ2v) is 25.2. The van der Waals surface area contributed by atoms with E-state index in [1.165, 1.54) is 54.9 Å². The smallest absolute Gasteiger partial charge is 0.188 e. The number of fused-ring (bicyclic) bond motifs is 2. The third kappa shape index (κ3) is 12.4. The molecule has 0 radical (unpaired) electrons. The second-order valence-electron chi connectivity index (χ2n) is 23.3. The third-order valence-electron chi connectivity index (χ3n) is 16.3. The quantitative estimate of drug-likeness (QED) is 0.0657. The molecular weight excluding hydrogens is 1020 g/mol. The molecule has 8 aromatic rings. The maximum absolute atomic E-state index is 5.25. The van der Waals surface area contributed by atoms with Crippen molar-refractivity contribution < 1.29 is 0 Å². The number of rotatable bonds is 21. The minimum atomic E-state index is -0.0820. The third-order valence-corrected chi connectivity index (χ3v) is 18.3. The number of hydrogen-bond donors (Lipinski definition) is 3. The van der Waals surface area contributed by atoms with E-state index in [0.717, 1.165) is 125 Å². The molecule has 8 nitrogen and oxygen atoms in total. The van der Waals surface area contributed by atoms with Gasteiger partial charge < -0.3 is 25.8 Å². The number of likely N-dealkylation sites (tertiary alicyclic amines) is 1. The van der Waals surface area contributed by atoms with Gasteiger partial charge in [0.15, 0.2) is 5.13 Å². The summed E-state index contributed by atoms with van der Waals surface area (Å²) in [7, 11) is 0. The van der Waals surface area contributed by atoms with E-state index in [0.29, 0.717) is 5.92 Å². The molecule has 3 N–H and O–H groups in total. The molecule has 10 rings (SSSR count). The van der Waals surface area contributed by atoms with Crippen molar-refractivity contribution in [1.82, 2.24) is 30.5 Å². The average Bonchev–Trinajstić information content (AvgIpc) is 4.21. The van der Waals surface area contributed by atoms with E-state index in [9.17, 15) is 0 Å². The molecule has 80 heavy (non-hydrogen) atoms. The summed E-state index contributed by atoms with van der Waals surface area (Å²) in [5.74, 6) is 1.48. The fourth-order valence-corrected chi connectivity index (χ4v) is 13.5. The lowest BCUT2D eigenvalue weighted by Crippen LogP contribution is -2.48. The van der Waals surface area contributed by atoms with Gasteiger partial charge in [0, 0.05) is 59.6 Å². The van der Waals surface area contributed by atoms with Crippen molar-refractivity contribution in [3.63, 3.8) is 0 Å². The first-order valence-electron chi connectivity index (χ1n) is 28.3. The molecule has 0 saturated carbocycles. The number of hydrogen-bond acceptors (Lipinski definition) is 10. The van der Waals surface area contributed by atoms with Crippen molar-refractivity contribution in [3.8, 4) is 21.6 Å². The number of anilines is 2. The molecule has 1 saturated heterocycles. The summed E-state index contributed by atoms with van der Waals surface area (Å²) in [6.45, 7) is 41.0. The summed E-state index contributed by atoms with van der Waals surface area (Å²) in [5, 5.41) is 12.0. The summed E-state index contributed by atoms with van der Waals surface area (Å²) in [6, 6.07) is 44.2. The van der Waals surface area contributed by atoms with Crippen molar-refractivity contribution in [2.24, 2.45) is 11.3 Å². The van der Waals surface area contributed by atoms with Crippen molar-refractivity contribution in [2.75, 3.05) is 23.3 Å². The van der Waals surface area contributed by atoms with Crippen LogP contribution in [0.25, 0.3) is 43.6 Å². The van der Waals surface area contributed by atoms with Crippen molar-refractivity contribution in [2.45, 2.75) is 112 Å². The molecule has 5 aromatic carbocycles. The monoisotopic (exact) mass is 1090 g/mol. The normalized spacial score (nSPS) is 16.0. The predicted octanol–water partition coefficient (Wildman–Crippen LogP) is 16.9. The SMILES string of the molecule is C=Cc1nc(N2CCc3cccc(C(=C)Nc4nc5ccccc5s4)c3C2)ccc1-c1cccc(Cc2ccc(CCCC(=C)NC(C(=C)N3CC(C)CC3C(=C)NC(C)c3ccc(-c4scnc4C)cc3)C(C)(C)C)cc2)c1C. The highest BCUT2D eigenvalue weighted by molar-refractivity contribution is 7.22. The van der Waals surface area contributed by atoms with Gasteiger partial charge in [-0.2, -0.15) is 0 Å². The molecule has 2 aliphatic heterocycles. The molecule has 4 unspecified atom stereocenters. The van der Waals surface area contributed by atoms with Crippen LogP contribution in [0, 0.1) is 25.2 Å². The number of thiazole rings is 2. The van der Waals surface area contributed by atoms with E-state index in [1.807, 2.05) is 23.7 Å². The number of para-hydroxylation sites is 1. The Bertz CT molecular complexity index is 3540. The van der Waals surface area contributed by atoms with Gasteiger partial charge in [-0.3, -0.25) is 0 Å². The Balaban J connectivity index is 0.727. The fourth-order valence-electron chi connectivity index (χ4n) is 11.8. The topological polar surface area (TPSA) is 81.2 Å². The summed E-state index contributed by atoms with van der Waals surface area (Å²) in [5.41, 5.74) is 22.5. The van der Waals surface area contributed by atoms with Crippen LogP contribution < -0.4 is 20.9 Å². The highest BCUT2D eigenvalue weighted by Crippen LogP contribution is 2.38. The van der Waals surface area contributed by atoms with Crippen molar-refractivity contribution in [3.05, 3.63) is 233 Å². The van der Waals surface area contributed by atoms with Crippen molar-refractivity contribution >= 4 is 55.6 Å². The number of pyridine rings is 1. The van der Waals surface area contributed by atoms with Gasteiger partial charge >= 0.3 is 0 Å². The zero-order valence-electron chi connectivity index (χ0n) is 48.0. The Hall–Kier alpha value is -7.53. The summed E-state index contributed by atoms with van der Waals surface area (Å²) in [6.07, 6.45) is 7.59. The van der Waals surface area contributed by atoms with E-state index >= 15 is 0 Å². The summed E-state index contributed by atoms with van der Waals surface area (Å²) >= 11 is 3.34. The molecule has 0 spiro atoms. The van der Waals surface area contributed by atoms with E-state index in [1.54, 1.807) is 22.7 Å². The molecule has 2 aliphatic rings. The maximum atomic E-state index is 5.25. The zero-order chi connectivity index (χ0) is 56.2. The number of nitrogens with one attached hydrogen (secondary N) is 3. The molecule has 4 atom stereocenters. The van der Waals surface area contributed by atoms with Gasteiger partial charge in [0.1, 0.15) is 5.82 Å². The fraction of sp³-hybridized carbons (Fsp3) is 0.300. The molecule has 5 heterocycles. The molecule has 1 fully saturated rings. The summed E-state index contributed by atoms with van der Waals surface area (Å²) in [4.78, 5) is 20.6. The first-order valence-corrected chi connectivity index (χ1v) is 30.0. The zero-order valence-corrected chi connectivity index (χ0v) is 49.6. The number of aromatic nitrogens is 3. The van der Waals surface area contributed by atoms with Crippen molar-refractivity contribution in [1.29, 1.82) is 0 Å². The Morgan fingerprint density at radius 1 is 0.838 bits per heavy atom. The van der Waals surface area contributed by atoms with Crippen LogP contribution in [-0.4, -0.2) is 45.0 Å². The van der Waals surface area contributed by atoms with Gasteiger partial charge in [-0.05, 0) is 151 Å². The molecule has 410 valence electrons. The molecule has 0 amide bonds. The largest absolute Gasteiger partial charge is 0.381 e. The van der Waals surface area contributed by atoms with Crippen LogP contribution >= 0.6 is 22.7 Å². The van der Waals surface area contributed by atoms with E-state index < -0.39 is 0 Å². The molecule has 0 bridgehead atoms. The van der Waals surface area contributed by atoms with E-state index in [2.05, 4.69) is 215 Å². The lowest BCUT2D eigenvalue weighted by Gasteiger charge is -2.41. The Kier molecular flexibility index (Phi) is 16.8. The van der Waals surface area contributed by atoms with Crippen LogP contribution in [0.5, 0.6) is 0 Å². The number of allylic oxidation sites excluding steroid dienone is 1. The van der Waals surface area contributed by atoms with Crippen LogP contribution in [0.15, 0.2) is 177 Å². The standard InChI is InChI=1S/C70H78N8S2/c1-13-62-60(35-36-66(75-62)77-38-37-55-21-17-24-59(61(55)42-77)48(6)74-69-76-63-25-14-15-26-65(63)80-69)58-23-18-22-57(46(58)4)40-53-29-27-52(28-30-53)20-16-19-45(3)72-68(70(10,11)12)51(9)78-41-44(2)39-64(78)49(7)73-47(5)54-31-33-56(34-32-54)67-50(8)71-43-79-67/h13-15,17-18,21-36,43-44,47,64,68,72-73H,1,3,6-7,9,16,19-20,37-42H2,2,4-5,8,10-12H3,(H,74,76). The van der Waals surface area contributed by atoms with Gasteiger partial charge in [-0.25, -0.2) is 15.0 Å². The molecular formula is C70H78N8S2. The Morgan fingerprint density at radius 3 is 2.34 bits per heavy atom. The number of aryl methyl sites for hydroxylation is 2. The number of benzene rings is 5. The van der Waals surface area contributed by atoms with Gasteiger partial charge in [0.05, 0.1) is 44.1 Å². The number of nitrogens with zero attached hydrogens (tertiary/aromatic N) is 5. The van der Waals surface area contributed by atoms with Crippen LogP contribution in [-0.2, 0) is 25.8 Å². The molecule has 3 aromatic heterocycles. The minimum absolute atomic E-state index is 0.0236. The lowest BCUT2D eigenvalue weighted by atomic mass is 9.84. The first kappa shape index (κ1) is 55.8. The Labute approximate surface area is 483 Å². The minimum Gasteiger partial charge on any atom is -0.381 e.